The molecule has 2 aromatic heterocycles. The third kappa shape index (κ3) is 4.50. The van der Waals surface area contributed by atoms with E-state index in [-0.39, 0.29) is 19.0 Å². The van der Waals surface area contributed by atoms with Crippen LogP contribution >= 0.6 is 22.6 Å². The van der Waals surface area contributed by atoms with Crippen molar-refractivity contribution in [3.05, 3.63) is 16.1 Å². The maximum absolute atomic E-state index is 15.4. The summed E-state index contributed by atoms with van der Waals surface area (Å²) in [6.07, 6.45) is -4.69. The molecule has 1 saturated heterocycles. The molecule has 3 rings (SSSR count). The number of anilines is 1. The van der Waals surface area contributed by atoms with Gasteiger partial charge < -0.3 is 34.0 Å². The van der Waals surface area contributed by atoms with Gasteiger partial charge in [0.2, 0.25) is 0 Å². The van der Waals surface area contributed by atoms with E-state index >= 15 is 4.39 Å². The van der Waals surface area contributed by atoms with E-state index in [1.54, 1.807) is 20.0 Å². The molecular formula is C17H20FIN4O7. The number of fused-ring (bicyclic) bond motifs is 1. The largest absolute Gasteiger partial charge is 0.508 e. The lowest BCUT2D eigenvalue weighted by atomic mass is 10.1. The molecule has 0 amide bonds. The third-order valence-corrected chi connectivity index (χ3v) is 5.07. The van der Waals surface area contributed by atoms with Crippen LogP contribution in [0.3, 0.4) is 0 Å². The standard InChI is InChI=1S/C17H20FIN4O7/c1-3-26-16(24)28-6-9-12(30-17(25)27-4-2)11(18)15(29-9)23-5-8(19)10-13(20)21-7-22-14(10)23/h5,7,9,11-12,15H,3-4,6H2,1-2H3,(H2,20,21,22)/t9-,11+,12-,15-/m1/s1. The summed E-state index contributed by atoms with van der Waals surface area (Å²) in [5.41, 5.74) is 6.25. The average Bonchev–Trinajstić information content (AvgIpc) is 3.19. The number of nitrogens with zero attached hydrogens (tertiary/aromatic N) is 3. The number of ether oxygens (including phenoxy) is 5. The molecule has 11 nitrogen and oxygen atoms in total. The van der Waals surface area contributed by atoms with Crippen LogP contribution in [0.4, 0.5) is 19.8 Å². The Hall–Kier alpha value is -2.42. The van der Waals surface area contributed by atoms with Gasteiger partial charge in [0.1, 0.15) is 30.5 Å². The smallest absolute Gasteiger partial charge is 0.435 e. The summed E-state index contributed by atoms with van der Waals surface area (Å²) in [6, 6.07) is 0. The molecule has 0 spiro atoms. The van der Waals surface area contributed by atoms with Crippen LogP contribution in [-0.2, 0) is 23.7 Å². The zero-order valence-corrected chi connectivity index (χ0v) is 18.3. The van der Waals surface area contributed by atoms with Crippen LogP contribution in [0.2, 0.25) is 0 Å². The molecule has 0 saturated carbocycles. The lowest BCUT2D eigenvalue weighted by molar-refractivity contribution is -0.0653. The summed E-state index contributed by atoms with van der Waals surface area (Å²) < 4.78 is 42.7. The second-order valence-electron chi connectivity index (χ2n) is 6.11. The number of nitrogens with two attached hydrogens (primary N) is 1. The van der Waals surface area contributed by atoms with Gasteiger partial charge in [0.25, 0.3) is 0 Å². The zero-order valence-electron chi connectivity index (χ0n) is 16.1. The highest BCUT2D eigenvalue weighted by Gasteiger charge is 2.50. The summed E-state index contributed by atoms with van der Waals surface area (Å²) in [7, 11) is 0. The van der Waals surface area contributed by atoms with Crippen molar-refractivity contribution in [2.24, 2.45) is 0 Å². The van der Waals surface area contributed by atoms with Crippen LogP contribution in [0.15, 0.2) is 12.5 Å². The van der Waals surface area contributed by atoms with Crippen LogP contribution in [0.25, 0.3) is 11.0 Å². The molecule has 1 aliphatic heterocycles. The number of carbonyl (C=O) groups is 2. The summed E-state index contributed by atoms with van der Waals surface area (Å²) in [5.74, 6) is 0.234. The number of rotatable bonds is 6. The monoisotopic (exact) mass is 538 g/mol. The normalized spacial score (nSPS) is 23.3. The highest BCUT2D eigenvalue weighted by atomic mass is 127. The van der Waals surface area contributed by atoms with Gasteiger partial charge in [-0.1, -0.05) is 0 Å². The number of alkyl halides is 1. The number of nitrogen functional groups attached to an aromatic ring is 1. The average molecular weight is 538 g/mol. The highest BCUT2D eigenvalue weighted by Crippen LogP contribution is 2.38. The van der Waals surface area contributed by atoms with E-state index in [4.69, 9.17) is 24.7 Å². The maximum atomic E-state index is 15.4. The Bertz CT molecular complexity index is 927. The second kappa shape index (κ2) is 9.59. The SMILES string of the molecule is CCOC(=O)OC[C@H]1O[C@@H](n2cc(I)c3c(N)ncnc32)[C@@H](F)[C@@H]1OC(=O)OCC. The van der Waals surface area contributed by atoms with Crippen LogP contribution < -0.4 is 5.73 Å². The van der Waals surface area contributed by atoms with Gasteiger partial charge in [0.15, 0.2) is 18.5 Å². The summed E-state index contributed by atoms with van der Waals surface area (Å²) in [6.45, 7) is 2.96. The van der Waals surface area contributed by atoms with E-state index in [0.29, 0.717) is 14.6 Å². The predicted molar refractivity (Wildman–Crippen MR) is 108 cm³/mol. The lowest BCUT2D eigenvalue weighted by Crippen LogP contribution is -2.37. The lowest BCUT2D eigenvalue weighted by Gasteiger charge is -2.18. The van der Waals surface area contributed by atoms with Gasteiger partial charge in [0, 0.05) is 9.77 Å². The molecule has 164 valence electrons. The maximum Gasteiger partial charge on any atom is 0.508 e. The summed E-state index contributed by atoms with van der Waals surface area (Å²) >= 11 is 2.02. The first-order valence-electron chi connectivity index (χ1n) is 9.06. The van der Waals surface area contributed by atoms with E-state index in [2.05, 4.69) is 14.7 Å². The number of halogens is 2. The highest BCUT2D eigenvalue weighted by molar-refractivity contribution is 14.1. The van der Waals surface area contributed by atoms with Crippen molar-refractivity contribution in [1.82, 2.24) is 14.5 Å². The van der Waals surface area contributed by atoms with Gasteiger partial charge in [-0.15, -0.1) is 0 Å². The molecule has 0 aromatic carbocycles. The Morgan fingerprint density at radius 1 is 1.23 bits per heavy atom. The number of aromatic nitrogens is 3. The minimum absolute atomic E-state index is 0.0490. The van der Waals surface area contributed by atoms with Crippen molar-refractivity contribution in [2.45, 2.75) is 38.5 Å². The van der Waals surface area contributed by atoms with Gasteiger partial charge in [-0.25, -0.2) is 23.9 Å². The molecule has 0 radical (unpaired) electrons. The molecule has 1 aliphatic rings. The minimum atomic E-state index is -1.81. The van der Waals surface area contributed by atoms with Crippen molar-refractivity contribution in [2.75, 3.05) is 25.6 Å². The molecule has 3 heterocycles. The molecular weight excluding hydrogens is 518 g/mol. The first kappa shape index (κ1) is 22.3. The Labute approximate surface area is 184 Å². The molecule has 13 heteroatoms. The topological polar surface area (TPSA) is 137 Å². The molecule has 30 heavy (non-hydrogen) atoms. The number of hydrogen-bond donors (Lipinski definition) is 1. The van der Waals surface area contributed by atoms with E-state index in [9.17, 15) is 9.59 Å². The van der Waals surface area contributed by atoms with Crippen LogP contribution in [0.5, 0.6) is 0 Å². The second-order valence-corrected chi connectivity index (χ2v) is 7.27. The molecule has 0 unspecified atom stereocenters. The van der Waals surface area contributed by atoms with Crippen LogP contribution in [0, 0.1) is 3.57 Å². The van der Waals surface area contributed by atoms with Crippen LogP contribution in [-0.4, -0.2) is 65.0 Å². The molecule has 2 aromatic rings. The van der Waals surface area contributed by atoms with E-state index in [1.165, 1.54) is 10.9 Å². The summed E-state index contributed by atoms with van der Waals surface area (Å²) in [4.78, 5) is 31.4. The first-order chi connectivity index (χ1) is 14.4. The van der Waals surface area contributed by atoms with E-state index < -0.39 is 43.5 Å². The van der Waals surface area contributed by atoms with Crippen molar-refractivity contribution < 1.29 is 37.7 Å². The van der Waals surface area contributed by atoms with E-state index in [0.717, 1.165) is 0 Å². The van der Waals surface area contributed by atoms with Gasteiger partial charge in [-0.3, -0.25) is 0 Å². The van der Waals surface area contributed by atoms with E-state index in [1.807, 2.05) is 22.6 Å². The van der Waals surface area contributed by atoms with Crippen LogP contribution in [0.1, 0.15) is 20.1 Å². The Balaban J connectivity index is 1.88. The Morgan fingerprint density at radius 3 is 2.63 bits per heavy atom. The van der Waals surface area contributed by atoms with Crippen molar-refractivity contribution in [1.29, 1.82) is 0 Å². The van der Waals surface area contributed by atoms with Gasteiger partial charge in [-0.05, 0) is 36.4 Å². The molecule has 1 fully saturated rings. The van der Waals surface area contributed by atoms with Gasteiger partial charge in [0.05, 0.1) is 18.6 Å². The quantitative estimate of drug-likeness (QED) is 0.432. The number of carbonyl (C=O) groups excluding carboxylic acids is 2. The molecule has 0 aliphatic carbocycles. The fourth-order valence-electron chi connectivity index (χ4n) is 3.02. The number of hydrogen-bond acceptors (Lipinski definition) is 10. The molecule has 4 atom stereocenters. The Morgan fingerprint density at radius 2 is 1.93 bits per heavy atom. The van der Waals surface area contributed by atoms with Crippen molar-refractivity contribution in [3.8, 4) is 0 Å². The first-order valence-corrected chi connectivity index (χ1v) is 10.1. The fourth-order valence-corrected chi connectivity index (χ4v) is 3.84. The minimum Gasteiger partial charge on any atom is -0.435 e. The van der Waals surface area contributed by atoms with Gasteiger partial charge >= 0.3 is 12.3 Å². The summed E-state index contributed by atoms with van der Waals surface area (Å²) in [5, 5.41) is 0.544. The third-order valence-electron chi connectivity index (χ3n) is 4.26. The fraction of sp³-hybridized carbons (Fsp3) is 0.529. The van der Waals surface area contributed by atoms with Crippen molar-refractivity contribution in [3.63, 3.8) is 0 Å². The van der Waals surface area contributed by atoms with Crippen molar-refractivity contribution >= 4 is 51.8 Å². The molecule has 0 bridgehead atoms. The predicted octanol–water partition coefficient (Wildman–Crippen LogP) is 2.57. The molecule has 2 N–H and O–H groups in total. The zero-order chi connectivity index (χ0) is 21.8. The van der Waals surface area contributed by atoms with Gasteiger partial charge in [-0.2, -0.15) is 0 Å². The Kier molecular flexibility index (Phi) is 7.12.